The zero-order valence-electron chi connectivity index (χ0n) is 15.9. The van der Waals surface area contributed by atoms with Crippen LogP contribution in [0.15, 0.2) is 34.7 Å². The normalized spacial score (nSPS) is 20.0. The lowest BCUT2D eigenvalue weighted by atomic mass is 9.76. The van der Waals surface area contributed by atoms with Crippen molar-refractivity contribution < 1.29 is 9.21 Å². The number of likely N-dealkylation sites (tertiary alicyclic amines) is 1. The molecule has 0 radical (unpaired) electrons. The molecule has 0 unspecified atom stereocenters. The van der Waals surface area contributed by atoms with Crippen molar-refractivity contribution in [3.05, 3.63) is 36.2 Å². The zero-order valence-corrected chi connectivity index (χ0v) is 15.9. The second kappa shape index (κ2) is 7.99. The van der Waals surface area contributed by atoms with Crippen molar-refractivity contribution in [1.29, 1.82) is 0 Å². The Kier molecular flexibility index (Phi) is 5.71. The minimum absolute atomic E-state index is 0.0271. The molecule has 0 spiro atoms. The molecule has 1 aromatic carbocycles. The molecule has 1 aliphatic rings. The van der Waals surface area contributed by atoms with Gasteiger partial charge in [0.1, 0.15) is 0 Å². The van der Waals surface area contributed by atoms with Crippen LogP contribution in [0.1, 0.15) is 39.0 Å². The topological polar surface area (TPSA) is 71.3 Å². The molecule has 0 bridgehead atoms. The predicted octanol–water partition coefficient (Wildman–Crippen LogP) is 2.91. The summed E-state index contributed by atoms with van der Waals surface area (Å²) < 4.78 is 5.65. The Bertz CT molecular complexity index is 726. The number of nitrogens with zero attached hydrogens (tertiary/aromatic N) is 3. The number of hydrogen-bond donors (Lipinski definition) is 1. The Labute approximate surface area is 155 Å². The first kappa shape index (κ1) is 18.6. The molecule has 6 nitrogen and oxygen atoms in total. The molecule has 2 aromatic rings. The van der Waals surface area contributed by atoms with Crippen molar-refractivity contribution in [2.75, 3.05) is 20.1 Å². The minimum Gasteiger partial charge on any atom is -0.421 e. The van der Waals surface area contributed by atoms with Gasteiger partial charge in [0.25, 0.3) is 0 Å². The number of hydrogen-bond acceptors (Lipinski definition) is 5. The van der Waals surface area contributed by atoms with Gasteiger partial charge in [0.2, 0.25) is 17.7 Å². The highest BCUT2D eigenvalue weighted by atomic mass is 16.4. The number of likely N-dealkylation sites (N-methyl/N-ethyl adjacent to an activating group) is 1. The fourth-order valence-electron chi connectivity index (χ4n) is 3.71. The van der Waals surface area contributed by atoms with Crippen LogP contribution in [0.2, 0.25) is 0 Å². The smallest absolute Gasteiger partial charge is 0.247 e. The van der Waals surface area contributed by atoms with Gasteiger partial charge in [-0.15, -0.1) is 10.2 Å². The van der Waals surface area contributed by atoms with Crippen LogP contribution in [-0.2, 0) is 11.2 Å². The molecule has 2 heterocycles. The average molecular weight is 356 g/mol. The molecule has 1 fully saturated rings. The van der Waals surface area contributed by atoms with Crippen molar-refractivity contribution >= 4 is 5.91 Å². The van der Waals surface area contributed by atoms with E-state index in [9.17, 15) is 4.79 Å². The predicted molar refractivity (Wildman–Crippen MR) is 100 cm³/mol. The second-order valence-corrected chi connectivity index (χ2v) is 7.76. The van der Waals surface area contributed by atoms with Crippen molar-refractivity contribution in [3.63, 3.8) is 0 Å². The molecule has 0 saturated carbocycles. The lowest BCUT2D eigenvalue weighted by molar-refractivity contribution is -0.121. The van der Waals surface area contributed by atoms with Crippen molar-refractivity contribution in [2.24, 2.45) is 5.41 Å². The molecule has 1 aromatic heterocycles. The highest BCUT2D eigenvalue weighted by molar-refractivity contribution is 5.76. The maximum absolute atomic E-state index is 12.2. The largest absolute Gasteiger partial charge is 0.421 e. The summed E-state index contributed by atoms with van der Waals surface area (Å²) in [5, 5.41) is 11.2. The SMILES string of the molecule is CN1CCCC(C)(C)[C@H]1CNC(=O)CCc1nnc(-c2ccccc2)o1. The van der Waals surface area contributed by atoms with Crippen LogP contribution in [-0.4, -0.2) is 47.2 Å². The summed E-state index contributed by atoms with van der Waals surface area (Å²) in [6.07, 6.45) is 3.22. The third-order valence-electron chi connectivity index (χ3n) is 5.31. The number of aryl methyl sites for hydroxylation is 1. The highest BCUT2D eigenvalue weighted by Crippen LogP contribution is 2.33. The molecule has 1 saturated heterocycles. The fourth-order valence-corrected chi connectivity index (χ4v) is 3.71. The standard InChI is InChI=1S/C20H28N4O2/c1-20(2)12-7-13-24(3)16(20)14-21-17(25)10-11-18-22-23-19(26-18)15-8-5-4-6-9-15/h4-6,8-9,16H,7,10-14H2,1-3H3,(H,21,25)/t16-/m1/s1. The molecule has 1 atom stereocenters. The van der Waals surface area contributed by atoms with Crippen molar-refractivity contribution in [2.45, 2.75) is 45.6 Å². The summed E-state index contributed by atoms with van der Waals surface area (Å²) in [5.74, 6) is 1.01. The Morgan fingerprint density at radius 2 is 2.08 bits per heavy atom. The monoisotopic (exact) mass is 356 g/mol. The maximum Gasteiger partial charge on any atom is 0.247 e. The van der Waals surface area contributed by atoms with E-state index < -0.39 is 0 Å². The lowest BCUT2D eigenvalue weighted by Crippen LogP contribution is -2.53. The van der Waals surface area contributed by atoms with Crippen LogP contribution in [0.3, 0.4) is 0 Å². The first-order chi connectivity index (χ1) is 12.5. The molecule has 6 heteroatoms. The van der Waals surface area contributed by atoms with Gasteiger partial charge >= 0.3 is 0 Å². The van der Waals surface area contributed by atoms with Crippen molar-refractivity contribution in [3.8, 4) is 11.5 Å². The number of amides is 1. The molecule has 1 N–H and O–H groups in total. The molecule has 1 amide bonds. The van der Waals surface area contributed by atoms with Crippen LogP contribution >= 0.6 is 0 Å². The van der Waals surface area contributed by atoms with E-state index in [2.05, 4.69) is 41.3 Å². The van der Waals surface area contributed by atoms with Crippen LogP contribution in [0, 0.1) is 5.41 Å². The number of piperidine rings is 1. The van der Waals surface area contributed by atoms with Gasteiger partial charge in [0, 0.05) is 31.0 Å². The Hall–Kier alpha value is -2.21. The van der Waals surface area contributed by atoms with E-state index in [1.807, 2.05) is 30.3 Å². The molecule has 26 heavy (non-hydrogen) atoms. The van der Waals surface area contributed by atoms with Gasteiger partial charge in [-0.3, -0.25) is 4.79 Å². The van der Waals surface area contributed by atoms with E-state index in [-0.39, 0.29) is 11.3 Å². The molecule has 140 valence electrons. The summed E-state index contributed by atoms with van der Waals surface area (Å²) in [5.41, 5.74) is 1.11. The first-order valence-electron chi connectivity index (χ1n) is 9.30. The molecule has 3 rings (SSSR count). The molecular formula is C20H28N4O2. The molecule has 0 aliphatic carbocycles. The van der Waals surface area contributed by atoms with E-state index in [1.165, 1.54) is 12.8 Å². The quantitative estimate of drug-likeness (QED) is 0.862. The van der Waals surface area contributed by atoms with E-state index >= 15 is 0 Å². The summed E-state index contributed by atoms with van der Waals surface area (Å²) in [6, 6.07) is 10.0. The third kappa shape index (κ3) is 4.49. The van der Waals surface area contributed by atoms with Crippen molar-refractivity contribution in [1.82, 2.24) is 20.4 Å². The Morgan fingerprint density at radius 1 is 1.31 bits per heavy atom. The molecule has 1 aliphatic heterocycles. The van der Waals surface area contributed by atoms with Gasteiger partial charge in [-0.2, -0.15) is 0 Å². The van der Waals surface area contributed by atoms with Crippen LogP contribution < -0.4 is 5.32 Å². The first-order valence-corrected chi connectivity index (χ1v) is 9.30. The average Bonchev–Trinajstić information content (AvgIpc) is 3.09. The molecular weight excluding hydrogens is 328 g/mol. The Morgan fingerprint density at radius 3 is 2.81 bits per heavy atom. The van der Waals surface area contributed by atoms with Gasteiger partial charge in [-0.05, 0) is 44.0 Å². The highest BCUT2D eigenvalue weighted by Gasteiger charge is 2.35. The maximum atomic E-state index is 12.2. The van der Waals surface area contributed by atoms with Gasteiger partial charge < -0.3 is 14.6 Å². The number of rotatable bonds is 6. The number of carbonyl (C=O) groups excluding carboxylic acids is 1. The van der Waals surface area contributed by atoms with Gasteiger partial charge in [-0.1, -0.05) is 32.0 Å². The third-order valence-corrected chi connectivity index (χ3v) is 5.31. The Balaban J connectivity index is 1.48. The van der Waals surface area contributed by atoms with Gasteiger partial charge in [0.15, 0.2) is 0 Å². The number of aromatic nitrogens is 2. The summed E-state index contributed by atoms with van der Waals surface area (Å²) >= 11 is 0. The van der Waals surface area contributed by atoms with Crippen LogP contribution in [0.4, 0.5) is 0 Å². The van der Waals surface area contributed by atoms with E-state index in [1.54, 1.807) is 0 Å². The van der Waals surface area contributed by atoms with E-state index in [4.69, 9.17) is 4.42 Å². The number of carbonyl (C=O) groups is 1. The van der Waals surface area contributed by atoms with Crippen LogP contribution in [0.5, 0.6) is 0 Å². The second-order valence-electron chi connectivity index (χ2n) is 7.76. The minimum atomic E-state index is 0.0271. The summed E-state index contributed by atoms with van der Waals surface area (Å²) in [4.78, 5) is 14.6. The number of nitrogens with one attached hydrogen (secondary N) is 1. The van der Waals surface area contributed by atoms with Gasteiger partial charge in [0.05, 0.1) is 0 Å². The summed E-state index contributed by atoms with van der Waals surface area (Å²) in [6.45, 7) is 6.34. The zero-order chi connectivity index (χ0) is 18.6. The summed E-state index contributed by atoms with van der Waals surface area (Å²) in [7, 11) is 2.14. The van der Waals surface area contributed by atoms with Crippen LogP contribution in [0.25, 0.3) is 11.5 Å². The van der Waals surface area contributed by atoms with E-state index in [0.29, 0.717) is 37.2 Å². The number of benzene rings is 1. The fraction of sp³-hybridized carbons (Fsp3) is 0.550. The van der Waals surface area contributed by atoms with Gasteiger partial charge in [-0.25, -0.2) is 0 Å². The van der Waals surface area contributed by atoms with E-state index in [0.717, 1.165) is 12.1 Å². The lowest BCUT2D eigenvalue weighted by Gasteiger charge is -2.45.